The van der Waals surface area contributed by atoms with Crippen molar-refractivity contribution in [1.29, 1.82) is 0 Å². The maximum absolute atomic E-state index is 12.8. The van der Waals surface area contributed by atoms with Crippen LogP contribution in [0.3, 0.4) is 0 Å². The van der Waals surface area contributed by atoms with Crippen molar-refractivity contribution in [2.45, 2.75) is 230 Å². The van der Waals surface area contributed by atoms with Crippen molar-refractivity contribution in [3.63, 3.8) is 0 Å². The maximum Gasteiger partial charge on any atom is 0.220 e. The summed E-state index contributed by atoms with van der Waals surface area (Å²) in [5.74, 6) is -0.150. The second-order valence-electron chi connectivity index (χ2n) is 14.4. The number of carbonyl (C=O) groups is 1. The van der Waals surface area contributed by atoms with E-state index < -0.39 is 49.5 Å². The van der Waals surface area contributed by atoms with E-state index in [9.17, 15) is 30.3 Å². The molecular formula is C39H77NO8. The Balaban J connectivity index is 2.15. The molecule has 286 valence electrons. The van der Waals surface area contributed by atoms with Gasteiger partial charge < -0.3 is 40.3 Å². The second kappa shape index (κ2) is 31.0. The van der Waals surface area contributed by atoms with E-state index in [1.165, 1.54) is 116 Å². The monoisotopic (exact) mass is 688 g/mol. The first-order valence-corrected chi connectivity index (χ1v) is 20.2. The Kier molecular flexibility index (Phi) is 29.2. The van der Waals surface area contributed by atoms with E-state index in [0.717, 1.165) is 44.9 Å². The molecule has 48 heavy (non-hydrogen) atoms. The summed E-state index contributed by atoms with van der Waals surface area (Å²) in [6.07, 6.45) is 24.7. The molecule has 1 heterocycles. The number of unbranched alkanes of at least 4 members (excludes halogenated alkanes) is 23. The lowest BCUT2D eigenvalue weighted by atomic mass is 9.99. The van der Waals surface area contributed by atoms with Gasteiger partial charge in [0.25, 0.3) is 0 Å². The summed E-state index contributed by atoms with van der Waals surface area (Å²) in [4.78, 5) is 12.8. The molecular weight excluding hydrogens is 610 g/mol. The van der Waals surface area contributed by atoms with E-state index in [4.69, 9.17) is 9.47 Å². The zero-order chi connectivity index (χ0) is 35.2. The normalized spacial score (nSPS) is 22.5. The Morgan fingerprint density at radius 1 is 0.625 bits per heavy atom. The highest BCUT2D eigenvalue weighted by Gasteiger charge is 2.44. The summed E-state index contributed by atoms with van der Waals surface area (Å²) in [5.41, 5.74) is 0. The number of nitrogens with one attached hydrogen (secondary N) is 1. The van der Waals surface area contributed by atoms with Gasteiger partial charge in [-0.05, 0) is 12.8 Å². The topological polar surface area (TPSA) is 149 Å². The van der Waals surface area contributed by atoms with E-state index in [1.54, 1.807) is 0 Å². The number of amides is 1. The SMILES string of the molecule is CCCCCCCCCCCCCCCCCCCCCCCC(=O)N[C@@H](COC1OC(CO)C(O)C(O)C1O)[C@H](O)CCCCCC. The molecule has 5 unspecified atom stereocenters. The van der Waals surface area contributed by atoms with Crippen LogP contribution in [0.2, 0.25) is 0 Å². The van der Waals surface area contributed by atoms with Gasteiger partial charge in [0.05, 0.1) is 25.4 Å². The van der Waals surface area contributed by atoms with Crippen molar-refractivity contribution >= 4 is 5.91 Å². The summed E-state index contributed by atoms with van der Waals surface area (Å²) in [5, 5.41) is 53.6. The molecule has 1 fully saturated rings. The predicted octanol–water partition coefficient (Wildman–Crippen LogP) is 7.22. The van der Waals surface area contributed by atoms with Gasteiger partial charge in [-0.25, -0.2) is 0 Å². The van der Waals surface area contributed by atoms with Crippen molar-refractivity contribution in [3.8, 4) is 0 Å². The summed E-state index contributed by atoms with van der Waals surface area (Å²) in [6.45, 7) is 3.71. The molecule has 7 atom stereocenters. The molecule has 1 rings (SSSR count). The van der Waals surface area contributed by atoms with Gasteiger partial charge in [0.1, 0.15) is 24.4 Å². The number of ether oxygens (including phenoxy) is 2. The lowest BCUT2D eigenvalue weighted by Crippen LogP contribution is -2.60. The number of aliphatic hydroxyl groups is 5. The van der Waals surface area contributed by atoms with E-state index in [2.05, 4.69) is 19.2 Å². The highest BCUT2D eigenvalue weighted by molar-refractivity contribution is 5.76. The molecule has 0 radical (unpaired) electrons. The van der Waals surface area contributed by atoms with Gasteiger partial charge in [-0.2, -0.15) is 0 Å². The van der Waals surface area contributed by atoms with Crippen LogP contribution in [0.1, 0.15) is 187 Å². The van der Waals surface area contributed by atoms with Crippen LogP contribution in [0.15, 0.2) is 0 Å². The van der Waals surface area contributed by atoms with Crippen LogP contribution >= 0.6 is 0 Å². The van der Waals surface area contributed by atoms with Crippen LogP contribution in [0, 0.1) is 0 Å². The average Bonchev–Trinajstić information content (AvgIpc) is 3.08. The van der Waals surface area contributed by atoms with Gasteiger partial charge in [-0.3, -0.25) is 4.79 Å². The van der Waals surface area contributed by atoms with E-state index in [-0.39, 0.29) is 12.5 Å². The van der Waals surface area contributed by atoms with Crippen molar-refractivity contribution < 1.29 is 39.8 Å². The van der Waals surface area contributed by atoms with Gasteiger partial charge in [-0.15, -0.1) is 0 Å². The maximum atomic E-state index is 12.8. The van der Waals surface area contributed by atoms with E-state index >= 15 is 0 Å². The molecule has 0 aromatic carbocycles. The first kappa shape index (κ1) is 45.2. The van der Waals surface area contributed by atoms with Crippen molar-refractivity contribution in [2.24, 2.45) is 0 Å². The minimum atomic E-state index is -1.54. The summed E-state index contributed by atoms with van der Waals surface area (Å²) >= 11 is 0. The molecule has 1 amide bonds. The van der Waals surface area contributed by atoms with E-state index in [0.29, 0.717) is 12.8 Å². The third kappa shape index (κ3) is 22.1. The van der Waals surface area contributed by atoms with Crippen molar-refractivity contribution in [2.75, 3.05) is 13.2 Å². The molecule has 1 aliphatic rings. The minimum absolute atomic E-state index is 0.136. The number of rotatable bonds is 33. The highest BCUT2D eigenvalue weighted by atomic mass is 16.7. The fourth-order valence-corrected chi connectivity index (χ4v) is 6.63. The van der Waals surface area contributed by atoms with Crippen LogP contribution in [0.4, 0.5) is 0 Å². The van der Waals surface area contributed by atoms with Gasteiger partial charge in [0, 0.05) is 6.42 Å². The number of hydrogen-bond donors (Lipinski definition) is 6. The Hall–Kier alpha value is -0.810. The molecule has 1 aliphatic heterocycles. The van der Waals surface area contributed by atoms with Crippen LogP contribution in [-0.4, -0.2) is 87.5 Å². The van der Waals surface area contributed by atoms with Crippen LogP contribution < -0.4 is 5.32 Å². The van der Waals surface area contributed by atoms with Gasteiger partial charge in [-0.1, -0.05) is 168 Å². The number of hydrogen-bond acceptors (Lipinski definition) is 8. The molecule has 0 aromatic heterocycles. The van der Waals surface area contributed by atoms with E-state index in [1.807, 2.05) is 0 Å². The Morgan fingerprint density at radius 2 is 1.04 bits per heavy atom. The first-order valence-electron chi connectivity index (χ1n) is 20.2. The quantitative estimate of drug-likeness (QED) is 0.0396. The van der Waals surface area contributed by atoms with Crippen LogP contribution in [0.25, 0.3) is 0 Å². The third-order valence-electron chi connectivity index (χ3n) is 9.96. The molecule has 0 aromatic rings. The number of aliphatic hydroxyl groups excluding tert-OH is 5. The van der Waals surface area contributed by atoms with Crippen molar-refractivity contribution in [1.82, 2.24) is 5.32 Å². The largest absolute Gasteiger partial charge is 0.394 e. The lowest BCUT2D eigenvalue weighted by Gasteiger charge is -2.40. The van der Waals surface area contributed by atoms with Crippen LogP contribution in [-0.2, 0) is 14.3 Å². The lowest BCUT2D eigenvalue weighted by molar-refractivity contribution is -0.302. The van der Waals surface area contributed by atoms with Gasteiger partial charge in [0.15, 0.2) is 6.29 Å². The summed E-state index contributed by atoms with van der Waals surface area (Å²) < 4.78 is 11.1. The third-order valence-corrected chi connectivity index (χ3v) is 9.96. The minimum Gasteiger partial charge on any atom is -0.394 e. The summed E-state index contributed by atoms with van der Waals surface area (Å²) in [6, 6.07) is -0.707. The van der Waals surface area contributed by atoms with Crippen LogP contribution in [0.5, 0.6) is 0 Å². The highest BCUT2D eigenvalue weighted by Crippen LogP contribution is 2.23. The Labute approximate surface area is 294 Å². The van der Waals surface area contributed by atoms with Gasteiger partial charge >= 0.3 is 0 Å². The molecule has 0 bridgehead atoms. The van der Waals surface area contributed by atoms with Gasteiger partial charge in [0.2, 0.25) is 5.91 Å². The molecule has 1 saturated heterocycles. The molecule has 0 saturated carbocycles. The van der Waals surface area contributed by atoms with Crippen molar-refractivity contribution in [3.05, 3.63) is 0 Å². The molecule has 0 spiro atoms. The molecule has 6 N–H and O–H groups in total. The fourth-order valence-electron chi connectivity index (χ4n) is 6.63. The molecule has 0 aliphatic carbocycles. The fraction of sp³-hybridized carbons (Fsp3) is 0.974. The zero-order valence-electron chi connectivity index (χ0n) is 31.0. The standard InChI is InChI=1S/C39H77NO8/c1-3-5-7-9-10-11-12-13-14-15-16-17-18-19-20-21-22-23-24-25-27-29-35(43)40-32(33(42)28-26-8-6-4-2)31-47-39-38(46)37(45)36(44)34(30-41)48-39/h32-34,36-39,41-42,44-46H,3-31H2,1-2H3,(H,40,43)/t32-,33+,34?,36?,37?,38?,39?/m0/s1. The molecule has 9 heteroatoms. The number of carbonyl (C=O) groups excluding carboxylic acids is 1. The Bertz CT molecular complexity index is 726. The second-order valence-corrected chi connectivity index (χ2v) is 14.4. The Morgan fingerprint density at radius 3 is 1.48 bits per heavy atom. The molecule has 9 nitrogen and oxygen atoms in total. The average molecular weight is 688 g/mol. The zero-order valence-corrected chi connectivity index (χ0v) is 31.0. The predicted molar refractivity (Wildman–Crippen MR) is 194 cm³/mol. The summed E-state index contributed by atoms with van der Waals surface area (Å²) in [7, 11) is 0. The first-order chi connectivity index (χ1) is 23.3. The smallest absolute Gasteiger partial charge is 0.220 e.